The largest absolute Gasteiger partial charge is 0.478 e. The fraction of sp³-hybridized carbons (Fsp3) is 0.182. The van der Waals surface area contributed by atoms with Gasteiger partial charge < -0.3 is 5.11 Å². The lowest BCUT2D eigenvalue weighted by molar-refractivity contribution is -0.122. The van der Waals surface area contributed by atoms with Crippen molar-refractivity contribution in [1.29, 1.82) is 0 Å². The zero-order valence-electron chi connectivity index (χ0n) is 15.2. The first-order chi connectivity index (χ1) is 13.9. The van der Waals surface area contributed by atoms with E-state index in [2.05, 4.69) is 0 Å². The zero-order chi connectivity index (χ0) is 20.7. The molecule has 0 saturated carbocycles. The summed E-state index contributed by atoms with van der Waals surface area (Å²) in [5.41, 5.74) is 0.186. The van der Waals surface area contributed by atoms with E-state index in [4.69, 9.17) is 11.6 Å². The summed E-state index contributed by atoms with van der Waals surface area (Å²) in [7, 11) is 0. The summed E-state index contributed by atoms with van der Waals surface area (Å²) in [5, 5.41) is 9.51. The fourth-order valence-corrected chi connectivity index (χ4v) is 4.09. The van der Waals surface area contributed by atoms with E-state index >= 15 is 0 Å². The first kappa shape index (κ1) is 19.1. The number of anilines is 1. The number of hydrogen-bond acceptors (Lipinski definition) is 4. The van der Waals surface area contributed by atoms with Crippen LogP contribution >= 0.6 is 11.6 Å². The fourth-order valence-electron chi connectivity index (χ4n) is 3.89. The van der Waals surface area contributed by atoms with Gasteiger partial charge in [-0.15, -0.1) is 0 Å². The number of halogens is 1. The van der Waals surface area contributed by atoms with Crippen LogP contribution in [0.4, 0.5) is 5.69 Å². The Morgan fingerprint density at radius 1 is 0.931 bits per heavy atom. The van der Waals surface area contributed by atoms with Gasteiger partial charge in [-0.3, -0.25) is 14.4 Å². The maximum absolute atomic E-state index is 13.0. The predicted octanol–water partition coefficient (Wildman–Crippen LogP) is 3.72. The first-order valence-corrected chi connectivity index (χ1v) is 9.47. The van der Waals surface area contributed by atoms with Crippen LogP contribution in [0.3, 0.4) is 0 Å². The van der Waals surface area contributed by atoms with Gasteiger partial charge in [-0.2, -0.15) is 0 Å². The summed E-state index contributed by atoms with van der Waals surface area (Å²) in [4.78, 5) is 51.2. The molecule has 146 valence electrons. The highest BCUT2D eigenvalue weighted by Gasteiger charge is 2.48. The molecule has 29 heavy (non-hydrogen) atoms. The van der Waals surface area contributed by atoms with Crippen molar-refractivity contribution in [2.24, 2.45) is 11.8 Å². The molecule has 1 heterocycles. The third-order valence-corrected chi connectivity index (χ3v) is 5.68. The predicted molar refractivity (Wildman–Crippen MR) is 106 cm³/mol. The Labute approximate surface area is 171 Å². The van der Waals surface area contributed by atoms with Gasteiger partial charge in [0.25, 0.3) is 0 Å². The first-order valence-electron chi connectivity index (χ1n) is 9.09. The van der Waals surface area contributed by atoms with Crippen LogP contribution in [0.15, 0.2) is 54.6 Å². The minimum Gasteiger partial charge on any atom is -0.478 e. The quantitative estimate of drug-likeness (QED) is 0.472. The number of carbonyl (C=O) groups excluding carboxylic acids is 3. The number of amides is 2. The molecule has 2 aromatic rings. The molecule has 1 aliphatic heterocycles. The molecule has 0 bridgehead atoms. The molecular weight excluding hydrogens is 394 g/mol. The molecule has 6 nitrogen and oxygen atoms in total. The SMILES string of the molecule is O=C(O)c1ccccc1C(=O)c1ccc(Cl)c(N2C(=O)[C@H]3CC=CC[C@@H]3C2=O)c1. The molecule has 1 saturated heterocycles. The summed E-state index contributed by atoms with van der Waals surface area (Å²) in [6, 6.07) is 10.1. The lowest BCUT2D eigenvalue weighted by Crippen LogP contribution is -2.31. The van der Waals surface area contributed by atoms with E-state index in [-0.39, 0.29) is 39.2 Å². The van der Waals surface area contributed by atoms with Gasteiger partial charge in [-0.05, 0) is 37.1 Å². The molecule has 0 spiro atoms. The Hall–Kier alpha value is -3.25. The van der Waals surface area contributed by atoms with Gasteiger partial charge >= 0.3 is 5.97 Å². The molecule has 2 aromatic carbocycles. The van der Waals surface area contributed by atoms with Crippen LogP contribution in [-0.4, -0.2) is 28.7 Å². The summed E-state index contributed by atoms with van der Waals surface area (Å²) in [6.07, 6.45) is 4.77. The van der Waals surface area contributed by atoms with Crippen molar-refractivity contribution in [3.8, 4) is 0 Å². The van der Waals surface area contributed by atoms with E-state index in [9.17, 15) is 24.3 Å². The van der Waals surface area contributed by atoms with Crippen molar-refractivity contribution in [3.05, 3.63) is 76.3 Å². The van der Waals surface area contributed by atoms with E-state index in [1.165, 1.54) is 36.4 Å². The highest BCUT2D eigenvalue weighted by molar-refractivity contribution is 6.36. The highest BCUT2D eigenvalue weighted by Crippen LogP contribution is 2.40. The van der Waals surface area contributed by atoms with Gasteiger partial charge in [0, 0.05) is 11.1 Å². The van der Waals surface area contributed by atoms with Crippen molar-refractivity contribution in [3.63, 3.8) is 0 Å². The van der Waals surface area contributed by atoms with Gasteiger partial charge in [0.1, 0.15) is 0 Å². The Morgan fingerprint density at radius 3 is 2.10 bits per heavy atom. The number of carbonyl (C=O) groups is 4. The number of aromatic carboxylic acids is 1. The van der Waals surface area contributed by atoms with Crippen molar-refractivity contribution < 1.29 is 24.3 Å². The smallest absolute Gasteiger partial charge is 0.336 e. The summed E-state index contributed by atoms with van der Waals surface area (Å²) < 4.78 is 0. The number of ketones is 1. The number of fused-ring (bicyclic) bond motifs is 1. The molecular formula is C22H16ClNO5. The number of allylic oxidation sites excluding steroid dienone is 2. The Balaban J connectivity index is 1.75. The lowest BCUT2D eigenvalue weighted by Gasteiger charge is -2.17. The monoisotopic (exact) mass is 409 g/mol. The molecule has 1 fully saturated rings. The van der Waals surface area contributed by atoms with Crippen molar-refractivity contribution >= 4 is 40.9 Å². The van der Waals surface area contributed by atoms with E-state index < -0.39 is 23.6 Å². The number of nitrogens with zero attached hydrogens (tertiary/aromatic N) is 1. The molecule has 0 unspecified atom stereocenters. The van der Waals surface area contributed by atoms with Gasteiger partial charge in [0.15, 0.2) is 5.78 Å². The third-order valence-electron chi connectivity index (χ3n) is 5.36. The molecule has 0 radical (unpaired) electrons. The second kappa shape index (κ2) is 7.29. The Bertz CT molecular complexity index is 1060. The normalized spacial score (nSPS) is 20.7. The topological polar surface area (TPSA) is 91.8 Å². The second-order valence-electron chi connectivity index (χ2n) is 7.01. The average molecular weight is 410 g/mol. The highest BCUT2D eigenvalue weighted by atomic mass is 35.5. The number of rotatable bonds is 4. The molecule has 0 aromatic heterocycles. The van der Waals surface area contributed by atoms with E-state index in [0.717, 1.165) is 4.90 Å². The maximum atomic E-state index is 13.0. The number of carboxylic acid groups (broad SMARTS) is 1. The van der Waals surface area contributed by atoms with Gasteiger partial charge in [0.2, 0.25) is 11.8 Å². The maximum Gasteiger partial charge on any atom is 0.336 e. The summed E-state index contributed by atoms with van der Waals surface area (Å²) in [6.45, 7) is 0. The number of carboxylic acids is 1. The standard InChI is InChI=1S/C22H16ClNO5/c23-17-10-9-12(19(25)13-5-1-4-8-16(13)22(28)29)11-18(17)24-20(26)14-6-2-3-7-15(14)21(24)27/h1-5,8-11,14-15H,6-7H2,(H,28,29)/t14-,15-/m0/s1. The van der Waals surface area contributed by atoms with Crippen molar-refractivity contribution in [2.75, 3.05) is 4.90 Å². The summed E-state index contributed by atoms with van der Waals surface area (Å²) in [5.74, 6) is -3.25. The molecule has 1 aliphatic carbocycles. The number of hydrogen-bond donors (Lipinski definition) is 1. The van der Waals surface area contributed by atoms with Crippen LogP contribution in [0.2, 0.25) is 5.02 Å². The third kappa shape index (κ3) is 3.15. The van der Waals surface area contributed by atoms with Gasteiger partial charge in [-0.25, -0.2) is 9.69 Å². The van der Waals surface area contributed by atoms with Crippen LogP contribution in [-0.2, 0) is 9.59 Å². The number of imide groups is 1. The second-order valence-corrected chi connectivity index (χ2v) is 7.42. The minimum atomic E-state index is -1.22. The minimum absolute atomic E-state index is 0.0187. The van der Waals surface area contributed by atoms with Crippen molar-refractivity contribution in [1.82, 2.24) is 0 Å². The van der Waals surface area contributed by atoms with Crippen LogP contribution in [0.5, 0.6) is 0 Å². The van der Waals surface area contributed by atoms with Gasteiger partial charge in [-0.1, -0.05) is 42.0 Å². The zero-order valence-corrected chi connectivity index (χ0v) is 15.9. The van der Waals surface area contributed by atoms with Crippen LogP contribution < -0.4 is 4.90 Å². The average Bonchev–Trinajstić information content (AvgIpc) is 2.98. The number of benzene rings is 2. The molecule has 2 amide bonds. The van der Waals surface area contributed by atoms with Crippen molar-refractivity contribution in [2.45, 2.75) is 12.8 Å². The van der Waals surface area contributed by atoms with E-state index in [1.807, 2.05) is 12.2 Å². The molecule has 2 aliphatic rings. The van der Waals surface area contributed by atoms with E-state index in [0.29, 0.717) is 12.8 Å². The van der Waals surface area contributed by atoms with Gasteiger partial charge in [0.05, 0.1) is 28.1 Å². The molecule has 7 heteroatoms. The molecule has 4 rings (SSSR count). The molecule has 1 N–H and O–H groups in total. The van der Waals surface area contributed by atoms with Crippen LogP contribution in [0, 0.1) is 11.8 Å². The lowest BCUT2D eigenvalue weighted by atomic mass is 9.85. The van der Waals surface area contributed by atoms with Crippen LogP contribution in [0.25, 0.3) is 0 Å². The van der Waals surface area contributed by atoms with Crippen LogP contribution in [0.1, 0.15) is 39.1 Å². The van der Waals surface area contributed by atoms with E-state index in [1.54, 1.807) is 6.07 Å². The Morgan fingerprint density at radius 2 is 1.52 bits per heavy atom. The Kier molecular flexibility index (Phi) is 4.80. The molecule has 2 atom stereocenters. The summed E-state index contributed by atoms with van der Waals surface area (Å²) >= 11 is 6.27.